The maximum atomic E-state index is 3.47. The quantitative estimate of drug-likeness (QED) is 0.587. The molecule has 0 aromatic carbocycles. The van der Waals surface area contributed by atoms with Crippen LogP contribution in [0.2, 0.25) is 0 Å². The lowest BCUT2D eigenvalue weighted by atomic mass is 10.2. The molecule has 0 spiro atoms. The molecule has 0 aliphatic heterocycles. The number of hydrogen-bond acceptors (Lipinski definition) is 2. The molecule has 1 atom stereocenters. The van der Waals surface area contributed by atoms with E-state index in [1.165, 1.54) is 32.2 Å². The summed E-state index contributed by atoms with van der Waals surface area (Å²) < 4.78 is 0. The van der Waals surface area contributed by atoms with Crippen molar-refractivity contribution in [3.05, 3.63) is 0 Å². The topological polar surface area (TPSA) is 47.0 Å². The molecule has 0 heterocycles. The molecule has 0 fully saturated rings. The van der Waals surface area contributed by atoms with Crippen molar-refractivity contribution < 1.29 is 0 Å². The van der Waals surface area contributed by atoms with Crippen molar-refractivity contribution in [1.82, 2.24) is 11.5 Å². The highest BCUT2D eigenvalue weighted by Gasteiger charge is 1.94. The maximum Gasteiger partial charge on any atom is 0.00360 e. The minimum Gasteiger partial charge on any atom is -0.344 e. The number of nitrogens with one attached hydrogen (secondary N) is 1. The summed E-state index contributed by atoms with van der Waals surface area (Å²) in [5, 5.41) is 3.47. The van der Waals surface area contributed by atoms with Gasteiger partial charge in [-0.25, -0.2) is 0 Å². The zero-order chi connectivity index (χ0) is 7.82. The normalized spacial score (nSPS) is 12.3. The molecular formula is C9H24N2. The Balaban J connectivity index is 0. The van der Waals surface area contributed by atoms with Crippen LogP contribution >= 0.6 is 0 Å². The summed E-state index contributed by atoms with van der Waals surface area (Å²) in [5.74, 6) is 0. The van der Waals surface area contributed by atoms with Crippen LogP contribution in [0.15, 0.2) is 0 Å². The average Bonchev–Trinajstić information content (AvgIpc) is 1.98. The Morgan fingerprint density at radius 1 is 1.18 bits per heavy atom. The first-order valence-electron chi connectivity index (χ1n) is 4.54. The molecule has 0 aromatic heterocycles. The summed E-state index contributed by atoms with van der Waals surface area (Å²) in [4.78, 5) is 0. The van der Waals surface area contributed by atoms with Gasteiger partial charge in [0.05, 0.1) is 0 Å². The third kappa shape index (κ3) is 9.92. The van der Waals surface area contributed by atoms with Gasteiger partial charge in [-0.15, -0.1) is 0 Å². The van der Waals surface area contributed by atoms with Crippen LogP contribution in [-0.4, -0.2) is 12.6 Å². The molecular weight excluding hydrogens is 136 g/mol. The van der Waals surface area contributed by atoms with Crippen LogP contribution in [0.5, 0.6) is 0 Å². The van der Waals surface area contributed by atoms with Gasteiger partial charge in [0.15, 0.2) is 0 Å². The van der Waals surface area contributed by atoms with Gasteiger partial charge in [0.25, 0.3) is 0 Å². The van der Waals surface area contributed by atoms with Crippen LogP contribution < -0.4 is 11.5 Å². The second-order valence-electron chi connectivity index (χ2n) is 2.97. The van der Waals surface area contributed by atoms with Crippen molar-refractivity contribution in [2.24, 2.45) is 0 Å². The van der Waals surface area contributed by atoms with Gasteiger partial charge < -0.3 is 11.5 Å². The van der Waals surface area contributed by atoms with Crippen molar-refractivity contribution >= 4 is 0 Å². The molecule has 0 radical (unpaired) electrons. The second-order valence-corrected chi connectivity index (χ2v) is 2.97. The van der Waals surface area contributed by atoms with E-state index in [0.717, 1.165) is 0 Å². The fourth-order valence-electron chi connectivity index (χ4n) is 0.868. The highest BCUT2D eigenvalue weighted by atomic mass is 14.9. The Hall–Kier alpha value is -0.0800. The molecule has 0 aliphatic rings. The smallest absolute Gasteiger partial charge is 0.00360 e. The number of rotatable bonds is 6. The molecule has 0 bridgehead atoms. The second kappa shape index (κ2) is 9.92. The van der Waals surface area contributed by atoms with Crippen LogP contribution in [-0.2, 0) is 0 Å². The highest BCUT2D eigenvalue weighted by molar-refractivity contribution is 4.56. The zero-order valence-electron chi connectivity index (χ0n) is 8.32. The van der Waals surface area contributed by atoms with Gasteiger partial charge in [-0.05, 0) is 26.3 Å². The lowest BCUT2D eigenvalue weighted by molar-refractivity contribution is 0.514. The first-order valence-corrected chi connectivity index (χ1v) is 4.54. The predicted octanol–water partition coefficient (Wildman–Crippen LogP) is 2.73. The summed E-state index contributed by atoms with van der Waals surface area (Å²) in [5.41, 5.74) is 0. The summed E-state index contributed by atoms with van der Waals surface area (Å²) >= 11 is 0. The molecule has 0 amide bonds. The first kappa shape index (κ1) is 13.5. The van der Waals surface area contributed by atoms with E-state index in [1.807, 2.05) is 0 Å². The molecule has 2 heteroatoms. The highest BCUT2D eigenvalue weighted by Crippen LogP contribution is 1.93. The minimum atomic E-state index is 0. The fraction of sp³-hybridized carbons (Fsp3) is 1.00. The third-order valence-corrected chi connectivity index (χ3v) is 1.89. The molecule has 0 aromatic rings. The Kier molecular flexibility index (Phi) is 12.2. The Bertz CT molecular complexity index is 64.6. The van der Waals surface area contributed by atoms with Crippen LogP contribution in [0.4, 0.5) is 0 Å². The van der Waals surface area contributed by atoms with Crippen molar-refractivity contribution in [3.8, 4) is 0 Å². The van der Waals surface area contributed by atoms with Crippen LogP contribution in [0.1, 0.15) is 46.5 Å². The average molecular weight is 160 g/mol. The number of hydrogen-bond donors (Lipinski definition) is 2. The molecule has 0 aliphatic carbocycles. The Labute approximate surface area is 71.3 Å². The molecule has 1 unspecified atom stereocenters. The molecule has 4 N–H and O–H groups in total. The molecule has 70 valence electrons. The Morgan fingerprint density at radius 2 is 1.82 bits per heavy atom. The van der Waals surface area contributed by atoms with Gasteiger partial charge in [-0.1, -0.05) is 26.7 Å². The maximum absolute atomic E-state index is 3.47. The van der Waals surface area contributed by atoms with Crippen molar-refractivity contribution in [1.29, 1.82) is 0 Å². The monoisotopic (exact) mass is 160 g/mol. The molecule has 0 saturated heterocycles. The van der Waals surface area contributed by atoms with Gasteiger partial charge in [-0.3, -0.25) is 0 Å². The van der Waals surface area contributed by atoms with E-state index < -0.39 is 0 Å². The predicted molar refractivity (Wildman–Crippen MR) is 52.3 cm³/mol. The molecule has 11 heavy (non-hydrogen) atoms. The summed E-state index contributed by atoms with van der Waals surface area (Å²) in [7, 11) is 0. The van der Waals surface area contributed by atoms with E-state index >= 15 is 0 Å². The van der Waals surface area contributed by atoms with E-state index in [-0.39, 0.29) is 6.15 Å². The largest absolute Gasteiger partial charge is 0.344 e. The lowest BCUT2D eigenvalue weighted by Crippen LogP contribution is -2.25. The standard InChI is InChI=1S/C9H21N.H3N/c1-4-6-7-8-10-9(3)5-2;/h9-10H,4-8H2,1-3H3;1H3. The van der Waals surface area contributed by atoms with E-state index in [1.54, 1.807) is 0 Å². The summed E-state index contributed by atoms with van der Waals surface area (Å²) in [6.45, 7) is 7.90. The summed E-state index contributed by atoms with van der Waals surface area (Å²) in [6, 6.07) is 0.705. The van der Waals surface area contributed by atoms with Gasteiger partial charge in [0, 0.05) is 6.04 Å². The summed E-state index contributed by atoms with van der Waals surface area (Å²) in [6.07, 6.45) is 5.26. The minimum absolute atomic E-state index is 0. The van der Waals surface area contributed by atoms with E-state index in [4.69, 9.17) is 0 Å². The van der Waals surface area contributed by atoms with Crippen molar-refractivity contribution in [2.45, 2.75) is 52.5 Å². The molecule has 2 nitrogen and oxygen atoms in total. The van der Waals surface area contributed by atoms with Crippen LogP contribution in [0.3, 0.4) is 0 Å². The van der Waals surface area contributed by atoms with Crippen molar-refractivity contribution in [3.63, 3.8) is 0 Å². The van der Waals surface area contributed by atoms with Gasteiger partial charge in [0.1, 0.15) is 0 Å². The van der Waals surface area contributed by atoms with Gasteiger partial charge in [0.2, 0.25) is 0 Å². The third-order valence-electron chi connectivity index (χ3n) is 1.89. The van der Waals surface area contributed by atoms with Crippen LogP contribution in [0, 0.1) is 0 Å². The lowest BCUT2D eigenvalue weighted by Gasteiger charge is -2.09. The van der Waals surface area contributed by atoms with E-state index in [2.05, 4.69) is 26.1 Å². The van der Waals surface area contributed by atoms with Gasteiger partial charge in [-0.2, -0.15) is 0 Å². The van der Waals surface area contributed by atoms with Gasteiger partial charge >= 0.3 is 0 Å². The molecule has 0 saturated carbocycles. The SMILES string of the molecule is CCCCCNC(C)CC.N. The van der Waals surface area contributed by atoms with Crippen LogP contribution in [0.25, 0.3) is 0 Å². The fourth-order valence-corrected chi connectivity index (χ4v) is 0.868. The number of unbranched alkanes of at least 4 members (excludes halogenated alkanes) is 2. The molecule has 0 rings (SSSR count). The Morgan fingerprint density at radius 3 is 2.27 bits per heavy atom. The van der Waals surface area contributed by atoms with Crippen molar-refractivity contribution in [2.75, 3.05) is 6.54 Å². The van der Waals surface area contributed by atoms with E-state index in [0.29, 0.717) is 6.04 Å². The first-order chi connectivity index (χ1) is 4.81. The zero-order valence-corrected chi connectivity index (χ0v) is 8.32. The van der Waals surface area contributed by atoms with E-state index in [9.17, 15) is 0 Å².